The lowest BCUT2D eigenvalue weighted by atomic mass is 9.87. The summed E-state index contributed by atoms with van der Waals surface area (Å²) in [5, 5.41) is 8.18. The van der Waals surface area contributed by atoms with Crippen LogP contribution in [-0.4, -0.2) is 52.8 Å². The van der Waals surface area contributed by atoms with Crippen molar-refractivity contribution in [3.8, 4) is 0 Å². The number of hydrogen-bond donors (Lipinski definition) is 2. The summed E-state index contributed by atoms with van der Waals surface area (Å²) in [5.41, 5.74) is 0.824. The van der Waals surface area contributed by atoms with E-state index in [-0.39, 0.29) is 17.9 Å². The van der Waals surface area contributed by atoms with E-state index in [2.05, 4.69) is 10.6 Å². The summed E-state index contributed by atoms with van der Waals surface area (Å²) in [6.45, 7) is 5.26. The minimum atomic E-state index is -1.02. The number of hydrogen-bond acceptors (Lipinski definition) is 4. The van der Waals surface area contributed by atoms with Gasteiger partial charge >= 0.3 is 0 Å². The number of nitrogens with one attached hydrogen (secondary N) is 2. The summed E-state index contributed by atoms with van der Waals surface area (Å²) in [5.74, 6) is -0.946. The molecule has 4 amide bonds. The molecule has 2 N–H and O–H groups in total. The van der Waals surface area contributed by atoms with E-state index in [4.69, 9.17) is 0 Å². The predicted molar refractivity (Wildman–Crippen MR) is 120 cm³/mol. The molecule has 1 heterocycles. The molecular formula is C24H34N4O4. The number of rotatable bonds is 6. The smallest absolute Gasteiger partial charge is 0.273 e. The number of likely N-dealkylation sites (N-methyl/N-ethyl adjacent to an activating group) is 1. The van der Waals surface area contributed by atoms with Gasteiger partial charge in [0, 0.05) is 25.1 Å². The lowest BCUT2D eigenvalue weighted by molar-refractivity contribution is -0.147. The second-order valence-corrected chi connectivity index (χ2v) is 9.13. The first-order valence-corrected chi connectivity index (χ1v) is 11.5. The molecule has 1 aromatic carbocycles. The summed E-state index contributed by atoms with van der Waals surface area (Å²) < 4.78 is 0. The van der Waals surface area contributed by atoms with Crippen molar-refractivity contribution in [2.75, 3.05) is 7.05 Å². The lowest BCUT2D eigenvalue weighted by Gasteiger charge is -2.34. The van der Waals surface area contributed by atoms with Gasteiger partial charge in [0.15, 0.2) is 0 Å². The van der Waals surface area contributed by atoms with E-state index in [1.165, 1.54) is 23.5 Å². The van der Waals surface area contributed by atoms with Gasteiger partial charge in [-0.15, -0.1) is 0 Å². The van der Waals surface area contributed by atoms with Gasteiger partial charge in [0.05, 0.1) is 0 Å². The summed E-state index contributed by atoms with van der Waals surface area (Å²) >= 11 is 0. The van der Waals surface area contributed by atoms with Gasteiger partial charge in [0.25, 0.3) is 11.8 Å². The Morgan fingerprint density at radius 2 is 1.72 bits per heavy atom. The van der Waals surface area contributed by atoms with E-state index in [0.717, 1.165) is 25.7 Å². The molecule has 0 bridgehead atoms. The van der Waals surface area contributed by atoms with Crippen LogP contribution in [0, 0.1) is 5.92 Å². The largest absolute Gasteiger partial charge is 0.345 e. The van der Waals surface area contributed by atoms with E-state index in [1.807, 2.05) is 13.8 Å². The quantitative estimate of drug-likeness (QED) is 0.707. The highest BCUT2D eigenvalue weighted by atomic mass is 16.2. The van der Waals surface area contributed by atoms with Gasteiger partial charge < -0.3 is 10.6 Å². The fourth-order valence-electron chi connectivity index (χ4n) is 4.64. The predicted octanol–water partition coefficient (Wildman–Crippen LogP) is 2.56. The molecule has 0 radical (unpaired) electrons. The topological polar surface area (TPSA) is 98.8 Å². The van der Waals surface area contributed by atoms with Crippen LogP contribution >= 0.6 is 0 Å². The molecule has 0 aromatic heterocycles. The highest BCUT2D eigenvalue weighted by molar-refractivity contribution is 6.02. The maximum atomic E-state index is 13.2. The van der Waals surface area contributed by atoms with Crippen LogP contribution in [0.25, 0.3) is 0 Å². The van der Waals surface area contributed by atoms with E-state index < -0.39 is 23.9 Å². The lowest BCUT2D eigenvalue weighted by Crippen LogP contribution is -2.53. The number of benzene rings is 1. The Morgan fingerprint density at radius 3 is 2.38 bits per heavy atom. The number of amides is 4. The average molecular weight is 443 g/mol. The summed E-state index contributed by atoms with van der Waals surface area (Å²) in [7, 11) is 1.53. The Balaban J connectivity index is 1.74. The number of carbonyl (C=O) groups is 4. The maximum Gasteiger partial charge on any atom is 0.273 e. The highest BCUT2D eigenvalue weighted by Crippen LogP contribution is 2.28. The summed E-state index contributed by atoms with van der Waals surface area (Å²) in [6, 6.07) is 4.76. The molecule has 1 saturated carbocycles. The van der Waals surface area contributed by atoms with E-state index >= 15 is 0 Å². The first-order chi connectivity index (χ1) is 15.2. The third kappa shape index (κ3) is 5.11. The molecule has 1 fully saturated rings. The standard InChI is InChI=1S/C24H34N4O4/c1-15(2)28-23(31)19-13-9-8-12-18(19)21(24(32)27(28)4)26-22(30)16(3)25-20(29)14-17-10-6-5-7-11-17/h8-9,12-13,15-17,21H,5-7,10-11,14H2,1-4H3,(H,25,29)(H,26,30)/t16-,21?/m0/s1. The normalized spacial score (nSPS) is 20.6. The Morgan fingerprint density at radius 1 is 1.06 bits per heavy atom. The third-order valence-corrected chi connectivity index (χ3v) is 6.34. The van der Waals surface area contributed by atoms with Gasteiger partial charge in [-0.3, -0.25) is 24.2 Å². The molecule has 1 aliphatic heterocycles. The van der Waals surface area contributed by atoms with Gasteiger partial charge in [-0.05, 0) is 51.2 Å². The molecular weight excluding hydrogens is 408 g/mol. The van der Waals surface area contributed by atoms with Gasteiger partial charge in [0.2, 0.25) is 11.8 Å². The van der Waals surface area contributed by atoms with Crippen molar-refractivity contribution in [2.24, 2.45) is 5.92 Å². The highest BCUT2D eigenvalue weighted by Gasteiger charge is 2.39. The number of fused-ring (bicyclic) bond motifs is 1. The van der Waals surface area contributed by atoms with Crippen LogP contribution in [0.1, 0.15) is 81.3 Å². The van der Waals surface area contributed by atoms with Crippen LogP contribution in [0.3, 0.4) is 0 Å². The SMILES string of the molecule is CC(C)N1C(=O)c2ccccc2C(NC(=O)[C@H](C)NC(=O)CC2CCCCC2)C(=O)N1C. The zero-order valence-electron chi connectivity index (χ0n) is 19.4. The van der Waals surface area contributed by atoms with Crippen molar-refractivity contribution < 1.29 is 19.2 Å². The molecule has 8 heteroatoms. The van der Waals surface area contributed by atoms with E-state index in [0.29, 0.717) is 23.5 Å². The molecule has 174 valence electrons. The second kappa shape index (κ2) is 10.1. The van der Waals surface area contributed by atoms with E-state index in [9.17, 15) is 19.2 Å². The monoisotopic (exact) mass is 442 g/mol. The van der Waals surface area contributed by atoms with Crippen molar-refractivity contribution in [3.05, 3.63) is 35.4 Å². The number of hydrazine groups is 1. The Bertz CT molecular complexity index is 879. The molecule has 8 nitrogen and oxygen atoms in total. The molecule has 3 rings (SSSR count). The van der Waals surface area contributed by atoms with E-state index in [1.54, 1.807) is 31.2 Å². The fourth-order valence-corrected chi connectivity index (χ4v) is 4.64. The van der Waals surface area contributed by atoms with Crippen LogP contribution in [0.2, 0.25) is 0 Å². The van der Waals surface area contributed by atoms with Crippen molar-refractivity contribution in [3.63, 3.8) is 0 Å². The Hall–Kier alpha value is -2.90. The zero-order chi connectivity index (χ0) is 23.4. The second-order valence-electron chi connectivity index (χ2n) is 9.13. The average Bonchev–Trinajstić information content (AvgIpc) is 2.83. The molecule has 0 spiro atoms. The van der Waals surface area contributed by atoms with Gasteiger partial charge in [-0.2, -0.15) is 0 Å². The Kier molecular flexibility index (Phi) is 7.53. The molecule has 2 atom stereocenters. The van der Waals surface area contributed by atoms with Crippen LogP contribution in [0.5, 0.6) is 0 Å². The van der Waals surface area contributed by atoms with Crippen molar-refractivity contribution >= 4 is 23.6 Å². The van der Waals surface area contributed by atoms with Gasteiger partial charge in [-0.1, -0.05) is 37.5 Å². The van der Waals surface area contributed by atoms with Crippen LogP contribution in [0.15, 0.2) is 24.3 Å². The van der Waals surface area contributed by atoms with Crippen LogP contribution in [0.4, 0.5) is 0 Å². The minimum Gasteiger partial charge on any atom is -0.345 e. The fraction of sp³-hybridized carbons (Fsp3) is 0.583. The first-order valence-electron chi connectivity index (χ1n) is 11.5. The van der Waals surface area contributed by atoms with Crippen LogP contribution < -0.4 is 10.6 Å². The molecule has 0 saturated heterocycles. The molecule has 32 heavy (non-hydrogen) atoms. The molecule has 1 aromatic rings. The van der Waals surface area contributed by atoms with Gasteiger partial charge in [-0.25, -0.2) is 5.01 Å². The molecule has 1 aliphatic carbocycles. The first kappa shape index (κ1) is 23.8. The van der Waals surface area contributed by atoms with Crippen molar-refractivity contribution in [1.29, 1.82) is 0 Å². The Labute approximate surface area is 189 Å². The third-order valence-electron chi connectivity index (χ3n) is 6.34. The van der Waals surface area contributed by atoms with Gasteiger partial charge in [0.1, 0.15) is 12.1 Å². The maximum absolute atomic E-state index is 13.2. The van der Waals surface area contributed by atoms with Crippen molar-refractivity contribution in [1.82, 2.24) is 20.7 Å². The summed E-state index contributed by atoms with van der Waals surface area (Å²) in [4.78, 5) is 51.7. The molecule has 1 unspecified atom stereocenters. The zero-order valence-corrected chi connectivity index (χ0v) is 19.4. The van der Waals surface area contributed by atoms with Crippen molar-refractivity contribution in [2.45, 2.75) is 77.4 Å². The van der Waals surface area contributed by atoms with Crippen LogP contribution in [-0.2, 0) is 14.4 Å². The summed E-state index contributed by atoms with van der Waals surface area (Å²) in [6.07, 6.45) is 6.04. The minimum absolute atomic E-state index is 0.148. The molecule has 2 aliphatic rings. The number of carbonyl (C=O) groups excluding carboxylic acids is 4. The number of nitrogens with zero attached hydrogens (tertiary/aromatic N) is 2.